The van der Waals surface area contributed by atoms with Crippen LogP contribution in [-0.4, -0.2) is 99.1 Å². The quantitative estimate of drug-likeness (QED) is 0.176. The van der Waals surface area contributed by atoms with Crippen molar-refractivity contribution in [2.24, 2.45) is 0 Å². The smallest absolute Gasteiger partial charge is 0.420 e. The van der Waals surface area contributed by atoms with Crippen LogP contribution < -0.4 is 19.7 Å². The highest BCUT2D eigenvalue weighted by Crippen LogP contribution is 2.42. The van der Waals surface area contributed by atoms with Crippen LogP contribution in [-0.2, 0) is 11.3 Å². The lowest BCUT2D eigenvalue weighted by molar-refractivity contribution is -0.129. The number of phenols is 1. The Labute approximate surface area is 295 Å². The van der Waals surface area contributed by atoms with Crippen LogP contribution in [0, 0.1) is 18.2 Å². The number of aliphatic hydroxyl groups is 1. The number of hydrogen-bond donors (Lipinski definition) is 3. The van der Waals surface area contributed by atoms with Crippen molar-refractivity contribution >= 4 is 34.3 Å². The predicted octanol–water partition coefficient (Wildman–Crippen LogP) is 4.91. The number of hydrogen-bond acceptors (Lipinski definition) is 10. The van der Waals surface area contributed by atoms with Gasteiger partial charge in [-0.3, -0.25) is 14.6 Å². The average Bonchev–Trinajstić information content (AvgIpc) is 3.71. The van der Waals surface area contributed by atoms with Crippen molar-refractivity contribution in [2.75, 3.05) is 50.1 Å². The molecule has 1 aromatic heterocycles. The molecule has 270 valence electrons. The average molecular weight is 705 g/mol. The van der Waals surface area contributed by atoms with E-state index in [1.165, 1.54) is 35.2 Å². The van der Waals surface area contributed by atoms with Gasteiger partial charge in [-0.2, -0.15) is 9.97 Å². The Morgan fingerprint density at radius 1 is 1.31 bits per heavy atom. The van der Waals surface area contributed by atoms with E-state index in [0.717, 1.165) is 25.7 Å². The molecule has 1 saturated carbocycles. The van der Waals surface area contributed by atoms with Crippen LogP contribution >= 0.6 is 0 Å². The summed E-state index contributed by atoms with van der Waals surface area (Å²) >= 11 is 0. The number of carbonyl (C=O) groups is 2. The number of anilines is 2. The van der Waals surface area contributed by atoms with Crippen LogP contribution in [0.15, 0.2) is 36.9 Å². The number of terminal acetylenes is 1. The third-order valence-corrected chi connectivity index (χ3v) is 10.4. The number of aromatic nitrogens is 2. The van der Waals surface area contributed by atoms with Gasteiger partial charge in [0.1, 0.15) is 30.0 Å². The molecule has 2 aliphatic heterocycles. The van der Waals surface area contributed by atoms with Gasteiger partial charge in [-0.05, 0) is 49.8 Å². The van der Waals surface area contributed by atoms with Crippen molar-refractivity contribution in [3.8, 4) is 29.9 Å². The summed E-state index contributed by atoms with van der Waals surface area (Å²) in [5, 5.41) is 23.9. The van der Waals surface area contributed by atoms with E-state index in [2.05, 4.69) is 27.8 Å². The Bertz CT molecular complexity index is 1900. The van der Waals surface area contributed by atoms with Crippen molar-refractivity contribution in [3.63, 3.8) is 0 Å². The molecule has 0 radical (unpaired) electrons. The van der Waals surface area contributed by atoms with Gasteiger partial charge < -0.3 is 29.9 Å². The van der Waals surface area contributed by atoms with E-state index < -0.39 is 29.2 Å². The second kappa shape index (κ2) is 14.3. The van der Waals surface area contributed by atoms with E-state index in [1.807, 2.05) is 11.8 Å². The number of nitrogens with zero attached hydrogens (tertiary/aromatic N) is 5. The van der Waals surface area contributed by atoms with Gasteiger partial charge in [-0.15, -0.1) is 6.42 Å². The number of aliphatic hydroxyl groups excluding tert-OH is 1. The lowest BCUT2D eigenvalue weighted by Gasteiger charge is -2.39. The molecule has 6 rings (SSSR count). The first-order valence-corrected chi connectivity index (χ1v) is 17.0. The summed E-state index contributed by atoms with van der Waals surface area (Å²) in [5.41, 5.74) is -1.00. The molecule has 0 bridgehead atoms. The standard InChI is InChI=1S/C37H42F2N6O6/c1-5-26-27(39)11-10-23-16-25(47)17-29(31(23)26)45-20-28-32(51-35(45)49)33(40-21-37(12-7-8-13-37)43(4)30(48)6-2)42-34(41-28)50-22-36(3)18-24(38)19-44(36)14-9-15-46/h1,6,10-11,16-17,24,46-47H,2,7-9,12-15,18-22H2,3-4H3,(H,40,41,42)/t24-,36+/m1/s1. The summed E-state index contributed by atoms with van der Waals surface area (Å²) in [6.45, 7) is 6.30. The minimum absolute atomic E-state index is 0.0262. The highest BCUT2D eigenvalue weighted by molar-refractivity contribution is 6.06. The molecule has 12 nitrogen and oxygen atoms in total. The molecule has 14 heteroatoms. The Hall–Kier alpha value is -5.00. The molecule has 2 fully saturated rings. The first-order chi connectivity index (χ1) is 24.4. The van der Waals surface area contributed by atoms with Gasteiger partial charge in [0.05, 0.1) is 28.9 Å². The zero-order chi connectivity index (χ0) is 36.5. The summed E-state index contributed by atoms with van der Waals surface area (Å²) in [6.07, 6.45) is 9.02. The van der Waals surface area contributed by atoms with Crippen LogP contribution in [0.2, 0.25) is 0 Å². The molecule has 1 saturated heterocycles. The topological polar surface area (TPSA) is 141 Å². The second-order valence-electron chi connectivity index (χ2n) is 13.7. The van der Waals surface area contributed by atoms with Crippen LogP contribution in [0.4, 0.5) is 25.1 Å². The second-order valence-corrected chi connectivity index (χ2v) is 13.7. The Kier molecular flexibility index (Phi) is 10.1. The van der Waals surface area contributed by atoms with Gasteiger partial charge in [0.25, 0.3) is 0 Å². The number of aromatic hydroxyl groups is 1. The first-order valence-electron chi connectivity index (χ1n) is 17.0. The number of likely N-dealkylation sites (tertiary alicyclic amines) is 1. The fraction of sp³-hybridized carbons (Fsp3) is 0.459. The summed E-state index contributed by atoms with van der Waals surface area (Å²) < 4.78 is 41.6. The lowest BCUT2D eigenvalue weighted by Crippen LogP contribution is -2.51. The van der Waals surface area contributed by atoms with Gasteiger partial charge in [0.2, 0.25) is 5.91 Å². The number of nitrogens with one attached hydrogen (secondary N) is 1. The van der Waals surface area contributed by atoms with Gasteiger partial charge >= 0.3 is 12.1 Å². The molecular formula is C37H42F2N6O6. The number of likely N-dealkylation sites (N-methyl/N-ethyl adjacent to an activating group) is 1. The highest BCUT2D eigenvalue weighted by atomic mass is 19.1. The first kappa shape index (κ1) is 35.8. The predicted molar refractivity (Wildman–Crippen MR) is 187 cm³/mol. The van der Waals surface area contributed by atoms with Crippen LogP contribution in [0.3, 0.4) is 0 Å². The van der Waals surface area contributed by atoms with Crippen LogP contribution in [0.25, 0.3) is 10.8 Å². The monoisotopic (exact) mass is 704 g/mol. The van der Waals surface area contributed by atoms with Crippen molar-refractivity contribution in [1.29, 1.82) is 0 Å². The number of ether oxygens (including phenoxy) is 2. The van der Waals surface area contributed by atoms with Crippen molar-refractivity contribution in [3.05, 3.63) is 54.0 Å². The number of carbonyl (C=O) groups excluding carboxylic acids is 2. The molecule has 3 N–H and O–H groups in total. The largest absolute Gasteiger partial charge is 0.508 e. The fourth-order valence-corrected chi connectivity index (χ4v) is 7.58. The van der Waals surface area contributed by atoms with E-state index in [1.54, 1.807) is 11.9 Å². The molecule has 0 unspecified atom stereocenters. The number of benzene rings is 2. The summed E-state index contributed by atoms with van der Waals surface area (Å²) in [5.74, 6) is 1.48. The van der Waals surface area contributed by atoms with Gasteiger partial charge in [-0.25, -0.2) is 13.6 Å². The zero-order valence-corrected chi connectivity index (χ0v) is 28.8. The zero-order valence-electron chi connectivity index (χ0n) is 28.8. The van der Waals surface area contributed by atoms with E-state index in [9.17, 15) is 28.6 Å². The minimum atomic E-state index is -1.07. The van der Waals surface area contributed by atoms with Crippen molar-refractivity contribution in [1.82, 2.24) is 19.8 Å². The van der Waals surface area contributed by atoms with E-state index in [4.69, 9.17) is 15.9 Å². The van der Waals surface area contributed by atoms with Crippen LogP contribution in [0.5, 0.6) is 17.5 Å². The molecule has 2 aromatic carbocycles. The summed E-state index contributed by atoms with van der Waals surface area (Å²) in [7, 11) is 1.73. The molecular weight excluding hydrogens is 662 g/mol. The number of alkyl halides is 1. The fourth-order valence-electron chi connectivity index (χ4n) is 7.58. The molecule has 3 aromatic rings. The van der Waals surface area contributed by atoms with Crippen LogP contribution in [0.1, 0.15) is 56.7 Å². The Morgan fingerprint density at radius 2 is 2.08 bits per heavy atom. The van der Waals surface area contributed by atoms with E-state index in [0.29, 0.717) is 18.4 Å². The Morgan fingerprint density at radius 3 is 2.78 bits per heavy atom. The maximum Gasteiger partial charge on any atom is 0.420 e. The molecule has 2 amide bonds. The number of amides is 2. The molecule has 3 aliphatic rings. The highest BCUT2D eigenvalue weighted by Gasteiger charge is 2.44. The van der Waals surface area contributed by atoms with E-state index in [-0.39, 0.29) is 90.8 Å². The SMILES string of the molecule is C#Cc1c(F)ccc2cc(O)cc(N3Cc4nc(OC[C@]5(C)C[C@@H](F)CN5CCCO)nc(NCC5(N(C)C(=O)C=C)CCCC5)c4OC3=O)c12. The normalized spacial score (nSPS) is 21.2. The molecule has 1 aliphatic carbocycles. The number of fused-ring (bicyclic) bond motifs is 2. The number of rotatable bonds is 12. The van der Waals surface area contributed by atoms with E-state index >= 15 is 0 Å². The van der Waals surface area contributed by atoms with Crippen molar-refractivity contribution < 1.29 is 38.1 Å². The van der Waals surface area contributed by atoms with Gasteiger partial charge in [-0.1, -0.05) is 31.4 Å². The molecule has 3 heterocycles. The van der Waals surface area contributed by atoms with Crippen molar-refractivity contribution in [2.45, 2.75) is 69.2 Å². The third-order valence-electron chi connectivity index (χ3n) is 10.4. The van der Waals surface area contributed by atoms with Gasteiger partial charge in [0, 0.05) is 51.2 Å². The summed E-state index contributed by atoms with van der Waals surface area (Å²) in [6, 6.07) is 5.31. The Balaban J connectivity index is 1.38. The molecule has 0 spiro atoms. The lowest BCUT2D eigenvalue weighted by atomic mass is 9.95. The number of halogens is 2. The van der Waals surface area contributed by atoms with Gasteiger partial charge in [0.15, 0.2) is 11.6 Å². The molecule has 2 atom stereocenters. The summed E-state index contributed by atoms with van der Waals surface area (Å²) in [4.78, 5) is 40.5. The minimum Gasteiger partial charge on any atom is -0.508 e. The molecule has 51 heavy (non-hydrogen) atoms. The maximum absolute atomic E-state index is 14.9. The number of phenolic OH excluding ortho intramolecular Hbond substituents is 1. The third kappa shape index (κ3) is 6.88. The maximum atomic E-state index is 14.9.